The first kappa shape index (κ1) is 27.0. The monoisotopic (exact) mass is 450 g/mol. The van der Waals surface area contributed by atoms with Crippen LogP contribution in [0.1, 0.15) is 25.0 Å². The molecule has 0 atom stereocenters. The highest BCUT2D eigenvalue weighted by molar-refractivity contribution is 5.80. The summed E-state index contributed by atoms with van der Waals surface area (Å²) in [5.74, 6) is 0.0861. The van der Waals surface area contributed by atoms with Crippen LogP contribution >= 0.6 is 0 Å². The Bertz CT molecular complexity index is 963. The third-order valence-corrected chi connectivity index (χ3v) is 3.92. The Balaban J connectivity index is 0.000000801. The van der Waals surface area contributed by atoms with E-state index in [1.165, 1.54) is 7.11 Å². The summed E-state index contributed by atoms with van der Waals surface area (Å²) < 4.78 is 14.6. The topological polar surface area (TPSA) is 82.1 Å². The van der Waals surface area contributed by atoms with Gasteiger partial charge in [0.25, 0.3) is 0 Å². The second kappa shape index (κ2) is 15.7. The highest BCUT2D eigenvalue weighted by Crippen LogP contribution is 2.14. The summed E-state index contributed by atoms with van der Waals surface area (Å²) in [6.45, 7) is 7.21. The Hall–Kier alpha value is -4.06. The molecule has 2 rings (SSSR count). The highest BCUT2D eigenvalue weighted by atomic mass is 16.6. The number of rotatable bonds is 9. The summed E-state index contributed by atoms with van der Waals surface area (Å²) in [6.07, 6.45) is 10.7. The van der Waals surface area contributed by atoms with Crippen molar-refractivity contribution in [3.8, 4) is 11.5 Å². The largest absolute Gasteiger partial charge is 0.508 e. The Morgan fingerprint density at radius 3 is 1.94 bits per heavy atom. The van der Waals surface area contributed by atoms with Gasteiger partial charge in [0.1, 0.15) is 18.1 Å². The van der Waals surface area contributed by atoms with E-state index in [0.29, 0.717) is 5.75 Å². The molecule has 2 aromatic carbocycles. The van der Waals surface area contributed by atoms with Crippen molar-refractivity contribution in [3.05, 3.63) is 96.1 Å². The zero-order valence-electron chi connectivity index (χ0n) is 19.2. The minimum absolute atomic E-state index is 0.110. The molecule has 0 spiro atoms. The number of phenolic OH excluding ortho intramolecular Hbond substituents is 1. The Morgan fingerprint density at radius 2 is 1.48 bits per heavy atom. The number of ether oxygens (including phenoxy) is 3. The van der Waals surface area contributed by atoms with Crippen molar-refractivity contribution >= 4 is 24.1 Å². The molecule has 0 heterocycles. The van der Waals surface area contributed by atoms with E-state index in [9.17, 15) is 14.7 Å². The lowest BCUT2D eigenvalue weighted by molar-refractivity contribution is -0.144. The van der Waals surface area contributed by atoms with E-state index in [0.717, 1.165) is 22.8 Å². The van der Waals surface area contributed by atoms with Gasteiger partial charge in [-0.2, -0.15) is 0 Å². The smallest absolute Gasteiger partial charge is 0.344 e. The number of methoxy groups -OCH3 is 1. The van der Waals surface area contributed by atoms with Gasteiger partial charge in [0.05, 0.1) is 7.11 Å². The van der Waals surface area contributed by atoms with Gasteiger partial charge < -0.3 is 19.3 Å². The van der Waals surface area contributed by atoms with Crippen molar-refractivity contribution in [2.24, 2.45) is 0 Å². The van der Waals surface area contributed by atoms with Gasteiger partial charge in [0.2, 0.25) is 0 Å². The van der Waals surface area contributed by atoms with E-state index >= 15 is 0 Å². The SMILES string of the molecule is C=CC(=O)OC.CC(C)=CCOC(=O)COc1ccc(C=CC=Cc2ccc(O)cc2)cc1. The molecular weight excluding hydrogens is 420 g/mol. The maximum atomic E-state index is 11.6. The highest BCUT2D eigenvalue weighted by Gasteiger charge is 2.03. The molecule has 0 saturated heterocycles. The molecule has 6 heteroatoms. The van der Waals surface area contributed by atoms with Crippen LogP contribution in [0, 0.1) is 0 Å². The first-order valence-corrected chi connectivity index (χ1v) is 10.2. The van der Waals surface area contributed by atoms with Crippen LogP contribution in [0.2, 0.25) is 0 Å². The minimum atomic E-state index is -0.394. The first-order chi connectivity index (χ1) is 15.8. The summed E-state index contributed by atoms with van der Waals surface area (Å²) in [7, 11) is 1.31. The van der Waals surface area contributed by atoms with Crippen LogP contribution in [-0.4, -0.2) is 37.4 Å². The Labute approximate surface area is 195 Å². The summed E-state index contributed by atoms with van der Waals surface area (Å²) in [5, 5.41) is 9.25. The number of hydrogen-bond acceptors (Lipinski definition) is 6. The number of allylic oxidation sites excluding steroid dienone is 3. The molecule has 0 aliphatic rings. The quantitative estimate of drug-likeness (QED) is 0.240. The normalized spacial score (nSPS) is 10.2. The molecule has 174 valence electrons. The van der Waals surface area contributed by atoms with E-state index in [1.807, 2.05) is 80.6 Å². The lowest BCUT2D eigenvalue weighted by Gasteiger charge is -2.06. The van der Waals surface area contributed by atoms with Crippen LogP contribution in [0.4, 0.5) is 0 Å². The zero-order chi connectivity index (χ0) is 24.5. The van der Waals surface area contributed by atoms with Crippen LogP contribution in [-0.2, 0) is 19.1 Å². The second-order valence-corrected chi connectivity index (χ2v) is 6.86. The van der Waals surface area contributed by atoms with E-state index < -0.39 is 11.9 Å². The van der Waals surface area contributed by atoms with E-state index in [-0.39, 0.29) is 19.0 Å². The van der Waals surface area contributed by atoms with E-state index in [2.05, 4.69) is 11.3 Å². The van der Waals surface area contributed by atoms with Crippen LogP contribution in [0.5, 0.6) is 11.5 Å². The van der Waals surface area contributed by atoms with Crippen LogP contribution < -0.4 is 4.74 Å². The summed E-state index contributed by atoms with van der Waals surface area (Å²) in [5.41, 5.74) is 3.13. The molecule has 0 bridgehead atoms. The molecule has 33 heavy (non-hydrogen) atoms. The predicted molar refractivity (Wildman–Crippen MR) is 131 cm³/mol. The Kier molecular flexibility index (Phi) is 12.8. The van der Waals surface area contributed by atoms with Gasteiger partial charge >= 0.3 is 11.9 Å². The molecule has 6 nitrogen and oxygen atoms in total. The van der Waals surface area contributed by atoms with Crippen molar-refractivity contribution in [2.75, 3.05) is 20.3 Å². The lowest BCUT2D eigenvalue weighted by atomic mass is 10.2. The summed E-state index contributed by atoms with van der Waals surface area (Å²) >= 11 is 0. The number of benzene rings is 2. The maximum Gasteiger partial charge on any atom is 0.344 e. The van der Waals surface area contributed by atoms with Gasteiger partial charge in [-0.05, 0) is 55.3 Å². The minimum Gasteiger partial charge on any atom is -0.508 e. The van der Waals surface area contributed by atoms with Crippen molar-refractivity contribution in [1.29, 1.82) is 0 Å². The molecule has 0 fully saturated rings. The average molecular weight is 451 g/mol. The van der Waals surface area contributed by atoms with Crippen LogP contribution in [0.25, 0.3) is 12.2 Å². The fraction of sp³-hybridized carbons (Fsp3) is 0.185. The molecule has 0 radical (unpaired) electrons. The molecule has 0 amide bonds. The van der Waals surface area contributed by atoms with Crippen molar-refractivity contribution in [1.82, 2.24) is 0 Å². The molecule has 0 aromatic heterocycles. The molecular formula is C27H30O6. The van der Waals surface area contributed by atoms with Gasteiger partial charge in [0.15, 0.2) is 6.61 Å². The third-order valence-electron chi connectivity index (χ3n) is 3.92. The molecule has 0 aliphatic carbocycles. The standard InChI is InChI=1S/C23H24O4.C4H6O2/c1-18(2)15-16-26-23(25)17-27-22-13-9-20(10-14-22)6-4-3-5-19-7-11-21(24)12-8-19;1-3-4(5)6-2/h3-15,24H,16-17H2,1-2H3;3H,1H2,2H3. The number of carbonyl (C=O) groups excluding carboxylic acids is 2. The molecule has 0 saturated carbocycles. The fourth-order valence-corrected chi connectivity index (χ4v) is 2.16. The van der Waals surface area contributed by atoms with Crippen molar-refractivity contribution in [2.45, 2.75) is 13.8 Å². The molecule has 0 unspecified atom stereocenters. The first-order valence-electron chi connectivity index (χ1n) is 10.2. The van der Waals surface area contributed by atoms with Crippen molar-refractivity contribution < 1.29 is 28.9 Å². The number of aromatic hydroxyl groups is 1. The predicted octanol–water partition coefficient (Wildman–Crippen LogP) is 5.35. The fourth-order valence-electron chi connectivity index (χ4n) is 2.16. The van der Waals surface area contributed by atoms with E-state index in [4.69, 9.17) is 9.47 Å². The molecule has 0 aliphatic heterocycles. The van der Waals surface area contributed by atoms with E-state index in [1.54, 1.807) is 12.1 Å². The summed E-state index contributed by atoms with van der Waals surface area (Å²) in [6, 6.07) is 14.4. The number of esters is 2. The van der Waals surface area contributed by atoms with Crippen LogP contribution in [0.15, 0.2) is 85.0 Å². The van der Waals surface area contributed by atoms with Gasteiger partial charge in [-0.1, -0.05) is 60.7 Å². The number of carbonyl (C=O) groups is 2. The van der Waals surface area contributed by atoms with Gasteiger partial charge in [0, 0.05) is 6.08 Å². The maximum absolute atomic E-state index is 11.6. The van der Waals surface area contributed by atoms with Crippen LogP contribution in [0.3, 0.4) is 0 Å². The average Bonchev–Trinajstić information content (AvgIpc) is 2.82. The molecule has 2 aromatic rings. The Morgan fingerprint density at radius 1 is 0.939 bits per heavy atom. The van der Waals surface area contributed by atoms with Gasteiger partial charge in [-0.25, -0.2) is 9.59 Å². The zero-order valence-corrected chi connectivity index (χ0v) is 19.2. The summed E-state index contributed by atoms with van der Waals surface area (Å²) in [4.78, 5) is 21.4. The third kappa shape index (κ3) is 13.1. The van der Waals surface area contributed by atoms with Crippen molar-refractivity contribution in [3.63, 3.8) is 0 Å². The lowest BCUT2D eigenvalue weighted by Crippen LogP contribution is -2.14. The van der Waals surface area contributed by atoms with Gasteiger partial charge in [-0.15, -0.1) is 0 Å². The molecule has 1 N–H and O–H groups in total. The number of phenols is 1. The van der Waals surface area contributed by atoms with Gasteiger partial charge in [-0.3, -0.25) is 0 Å². The number of hydrogen-bond donors (Lipinski definition) is 1. The second-order valence-electron chi connectivity index (χ2n) is 6.86.